The number of amides is 1. The van der Waals surface area contributed by atoms with E-state index in [1.54, 1.807) is 42.1 Å². The quantitative estimate of drug-likeness (QED) is 0.422. The first-order valence-corrected chi connectivity index (χ1v) is 10.1. The van der Waals surface area contributed by atoms with Crippen LogP contribution in [0.4, 0.5) is 0 Å². The van der Waals surface area contributed by atoms with Gasteiger partial charge in [-0.15, -0.1) is 0 Å². The third-order valence-corrected chi connectivity index (χ3v) is 4.87. The largest absolute Gasteiger partial charge is 0.491 e. The summed E-state index contributed by atoms with van der Waals surface area (Å²) in [4.78, 5) is 17.1. The van der Waals surface area contributed by atoms with Crippen molar-refractivity contribution in [3.05, 3.63) is 83.1 Å². The SMILES string of the molecule is COCCOc1cc(CNC(=O)c2ccc(Cl)cc2)cc(-c2cn3ncccc3n2)c1. The number of carbonyl (C=O) groups excluding carboxylic acids is 1. The number of benzene rings is 2. The summed E-state index contributed by atoms with van der Waals surface area (Å²) in [5.74, 6) is 0.496. The Morgan fingerprint density at radius 3 is 2.74 bits per heavy atom. The van der Waals surface area contributed by atoms with E-state index in [0.29, 0.717) is 36.1 Å². The molecular formula is C23H21ClN4O3. The van der Waals surface area contributed by atoms with Crippen LogP contribution in [0.25, 0.3) is 16.9 Å². The average Bonchev–Trinajstić information content (AvgIpc) is 3.22. The minimum atomic E-state index is -0.180. The smallest absolute Gasteiger partial charge is 0.251 e. The topological polar surface area (TPSA) is 77.8 Å². The first-order valence-electron chi connectivity index (χ1n) is 9.72. The van der Waals surface area contributed by atoms with Gasteiger partial charge in [0.2, 0.25) is 0 Å². The van der Waals surface area contributed by atoms with Crippen LogP contribution in [-0.4, -0.2) is 40.8 Å². The van der Waals surface area contributed by atoms with Gasteiger partial charge in [0.05, 0.1) is 18.5 Å². The summed E-state index contributed by atoms with van der Waals surface area (Å²) in [7, 11) is 1.63. The standard InChI is InChI=1S/C23H21ClN4O3/c1-30-9-10-31-20-12-16(14-25-23(29)17-4-6-19(24)7-5-17)11-18(13-20)21-15-28-22(27-21)3-2-8-26-28/h2-8,11-13,15H,9-10,14H2,1H3,(H,25,29). The molecule has 4 aromatic rings. The minimum absolute atomic E-state index is 0.180. The molecule has 0 aliphatic carbocycles. The summed E-state index contributed by atoms with van der Waals surface area (Å²) < 4.78 is 12.6. The second-order valence-corrected chi connectivity index (χ2v) is 7.29. The van der Waals surface area contributed by atoms with Crippen LogP contribution in [0.2, 0.25) is 5.02 Å². The van der Waals surface area contributed by atoms with Crippen molar-refractivity contribution in [3.8, 4) is 17.0 Å². The Morgan fingerprint density at radius 1 is 1.13 bits per heavy atom. The Balaban J connectivity index is 1.58. The zero-order valence-electron chi connectivity index (χ0n) is 16.9. The lowest BCUT2D eigenvalue weighted by Gasteiger charge is -2.11. The van der Waals surface area contributed by atoms with E-state index in [1.165, 1.54) is 0 Å². The van der Waals surface area contributed by atoms with Crippen LogP contribution in [-0.2, 0) is 11.3 Å². The molecule has 0 bridgehead atoms. The molecule has 2 aromatic carbocycles. The lowest BCUT2D eigenvalue weighted by molar-refractivity contribution is 0.0951. The Morgan fingerprint density at radius 2 is 1.97 bits per heavy atom. The highest BCUT2D eigenvalue weighted by Crippen LogP contribution is 2.26. The second kappa shape index (κ2) is 9.59. The van der Waals surface area contributed by atoms with Crippen LogP contribution in [0.3, 0.4) is 0 Å². The first kappa shape index (κ1) is 20.8. The first-order chi connectivity index (χ1) is 15.1. The van der Waals surface area contributed by atoms with Gasteiger partial charge in [0, 0.05) is 36.0 Å². The molecule has 7 nitrogen and oxygen atoms in total. The highest BCUT2D eigenvalue weighted by Gasteiger charge is 2.11. The van der Waals surface area contributed by atoms with E-state index >= 15 is 0 Å². The Kier molecular flexibility index (Phi) is 6.45. The Hall–Kier alpha value is -3.42. The number of halogens is 1. The number of nitrogens with zero attached hydrogens (tertiary/aromatic N) is 3. The number of nitrogens with one attached hydrogen (secondary N) is 1. The Labute approximate surface area is 184 Å². The predicted molar refractivity (Wildman–Crippen MR) is 118 cm³/mol. The van der Waals surface area contributed by atoms with Crippen LogP contribution >= 0.6 is 11.6 Å². The Bertz CT molecular complexity index is 1160. The van der Waals surface area contributed by atoms with Gasteiger partial charge in [-0.25, -0.2) is 9.50 Å². The molecule has 0 saturated carbocycles. The number of carbonyl (C=O) groups is 1. The monoisotopic (exact) mass is 436 g/mol. The third kappa shape index (κ3) is 5.20. The average molecular weight is 437 g/mol. The molecule has 4 rings (SSSR count). The van der Waals surface area contributed by atoms with Crippen molar-refractivity contribution in [1.82, 2.24) is 19.9 Å². The maximum atomic E-state index is 12.5. The number of ether oxygens (including phenoxy) is 2. The molecule has 0 fully saturated rings. The number of hydrogen-bond donors (Lipinski definition) is 1. The molecular weight excluding hydrogens is 416 g/mol. The normalized spacial score (nSPS) is 10.9. The van der Waals surface area contributed by atoms with Crippen LogP contribution < -0.4 is 10.1 Å². The maximum absolute atomic E-state index is 12.5. The van der Waals surface area contributed by atoms with Gasteiger partial charge in [0.1, 0.15) is 12.4 Å². The van der Waals surface area contributed by atoms with E-state index in [4.69, 9.17) is 21.1 Å². The fourth-order valence-electron chi connectivity index (χ4n) is 3.09. The van der Waals surface area contributed by atoms with Crippen molar-refractivity contribution < 1.29 is 14.3 Å². The van der Waals surface area contributed by atoms with Gasteiger partial charge in [-0.3, -0.25) is 4.79 Å². The van der Waals surface area contributed by atoms with E-state index < -0.39 is 0 Å². The summed E-state index contributed by atoms with van der Waals surface area (Å²) in [6, 6.07) is 16.3. The molecule has 0 saturated heterocycles. The van der Waals surface area contributed by atoms with E-state index in [0.717, 1.165) is 22.5 Å². The van der Waals surface area contributed by atoms with Gasteiger partial charge in [-0.2, -0.15) is 5.10 Å². The van der Waals surface area contributed by atoms with Crippen molar-refractivity contribution in [2.45, 2.75) is 6.54 Å². The van der Waals surface area contributed by atoms with Gasteiger partial charge in [-0.1, -0.05) is 11.6 Å². The molecule has 2 heterocycles. The highest BCUT2D eigenvalue weighted by molar-refractivity contribution is 6.30. The van der Waals surface area contributed by atoms with Crippen molar-refractivity contribution in [2.24, 2.45) is 0 Å². The van der Waals surface area contributed by atoms with E-state index in [1.807, 2.05) is 36.5 Å². The van der Waals surface area contributed by atoms with Gasteiger partial charge >= 0.3 is 0 Å². The van der Waals surface area contributed by atoms with Gasteiger partial charge < -0.3 is 14.8 Å². The minimum Gasteiger partial charge on any atom is -0.491 e. The molecule has 0 aliphatic heterocycles. The van der Waals surface area contributed by atoms with Gasteiger partial charge in [-0.05, 0) is 60.2 Å². The van der Waals surface area contributed by atoms with Gasteiger partial charge in [0.25, 0.3) is 5.91 Å². The van der Waals surface area contributed by atoms with Gasteiger partial charge in [0.15, 0.2) is 5.65 Å². The predicted octanol–water partition coefficient (Wildman–Crippen LogP) is 4.00. The summed E-state index contributed by atoms with van der Waals surface area (Å²) in [6.45, 7) is 1.23. The molecule has 0 aliphatic rings. The van der Waals surface area contributed by atoms with Crippen LogP contribution in [0.1, 0.15) is 15.9 Å². The molecule has 1 N–H and O–H groups in total. The number of hydrogen-bond acceptors (Lipinski definition) is 5. The number of aromatic nitrogens is 3. The number of rotatable bonds is 8. The van der Waals surface area contributed by atoms with Crippen molar-refractivity contribution in [1.29, 1.82) is 0 Å². The fraction of sp³-hybridized carbons (Fsp3) is 0.174. The lowest BCUT2D eigenvalue weighted by Crippen LogP contribution is -2.22. The fourth-order valence-corrected chi connectivity index (χ4v) is 3.22. The zero-order chi connectivity index (χ0) is 21.6. The second-order valence-electron chi connectivity index (χ2n) is 6.85. The number of methoxy groups -OCH3 is 1. The van der Waals surface area contributed by atoms with Crippen LogP contribution in [0, 0.1) is 0 Å². The summed E-state index contributed by atoms with van der Waals surface area (Å²) in [6.07, 6.45) is 3.57. The van der Waals surface area contributed by atoms with Crippen molar-refractivity contribution in [2.75, 3.05) is 20.3 Å². The summed E-state index contributed by atoms with van der Waals surface area (Å²) >= 11 is 5.90. The molecule has 1 amide bonds. The third-order valence-electron chi connectivity index (χ3n) is 4.61. The van der Waals surface area contributed by atoms with Crippen LogP contribution in [0.15, 0.2) is 67.0 Å². The molecule has 0 radical (unpaired) electrons. The molecule has 0 unspecified atom stereocenters. The number of fused-ring (bicyclic) bond motifs is 1. The molecule has 0 atom stereocenters. The van der Waals surface area contributed by atoms with E-state index in [-0.39, 0.29) is 5.91 Å². The number of imidazole rings is 1. The lowest BCUT2D eigenvalue weighted by atomic mass is 10.1. The van der Waals surface area contributed by atoms with E-state index in [2.05, 4.69) is 15.4 Å². The molecule has 158 valence electrons. The molecule has 31 heavy (non-hydrogen) atoms. The van der Waals surface area contributed by atoms with Crippen molar-refractivity contribution >= 4 is 23.2 Å². The summed E-state index contributed by atoms with van der Waals surface area (Å²) in [5, 5.41) is 7.79. The van der Waals surface area contributed by atoms with Crippen molar-refractivity contribution in [3.63, 3.8) is 0 Å². The highest BCUT2D eigenvalue weighted by atomic mass is 35.5. The van der Waals surface area contributed by atoms with E-state index in [9.17, 15) is 4.79 Å². The molecule has 0 spiro atoms. The molecule has 2 aromatic heterocycles. The molecule has 8 heteroatoms. The maximum Gasteiger partial charge on any atom is 0.251 e. The summed E-state index contributed by atoms with van der Waals surface area (Å²) in [5.41, 5.74) is 3.82. The zero-order valence-corrected chi connectivity index (χ0v) is 17.7. The van der Waals surface area contributed by atoms with Crippen LogP contribution in [0.5, 0.6) is 5.75 Å².